The van der Waals surface area contributed by atoms with E-state index in [9.17, 15) is 10.1 Å². The number of aromatic nitrogens is 4. The molecule has 0 aliphatic heterocycles. The highest BCUT2D eigenvalue weighted by atomic mass is 16.5. The zero-order valence-corrected chi connectivity index (χ0v) is 21.5. The number of ether oxygens (including phenoxy) is 1. The Balaban J connectivity index is 1.55. The minimum absolute atomic E-state index is 0.0209. The lowest BCUT2D eigenvalue weighted by molar-refractivity contribution is -0.121. The normalized spacial score (nSPS) is 22.2. The third-order valence-corrected chi connectivity index (χ3v) is 8.13. The van der Waals surface area contributed by atoms with Crippen molar-refractivity contribution in [2.24, 2.45) is 18.9 Å². The molecule has 4 aromatic rings. The third-order valence-electron chi connectivity index (χ3n) is 8.13. The van der Waals surface area contributed by atoms with E-state index in [1.54, 1.807) is 19.5 Å². The summed E-state index contributed by atoms with van der Waals surface area (Å²) in [4.78, 5) is 21.6. The molecule has 188 valence electrons. The van der Waals surface area contributed by atoms with Crippen molar-refractivity contribution in [2.45, 2.75) is 25.2 Å². The Morgan fingerprint density at radius 2 is 1.79 bits per heavy atom. The summed E-state index contributed by atoms with van der Waals surface area (Å²) in [6.45, 7) is 1.96. The van der Waals surface area contributed by atoms with Gasteiger partial charge in [-0.05, 0) is 42.0 Å². The highest BCUT2D eigenvalue weighted by Crippen LogP contribution is 2.54. The van der Waals surface area contributed by atoms with Gasteiger partial charge in [0.1, 0.15) is 6.07 Å². The van der Waals surface area contributed by atoms with E-state index in [2.05, 4.69) is 40.3 Å². The van der Waals surface area contributed by atoms with Crippen molar-refractivity contribution < 1.29 is 9.53 Å². The van der Waals surface area contributed by atoms with E-state index in [0.717, 1.165) is 52.0 Å². The number of hydrogen-bond acceptors (Lipinski definition) is 6. The molecule has 0 amide bonds. The predicted molar refractivity (Wildman–Crippen MR) is 143 cm³/mol. The fourth-order valence-electron chi connectivity index (χ4n) is 6.40. The predicted octanol–water partition coefficient (Wildman–Crippen LogP) is 5.07. The number of rotatable bonds is 4. The number of fused-ring (bicyclic) bond motifs is 3. The Morgan fingerprint density at radius 3 is 2.50 bits per heavy atom. The van der Waals surface area contributed by atoms with Gasteiger partial charge < -0.3 is 4.74 Å². The molecule has 0 radical (unpaired) electrons. The fourth-order valence-corrected chi connectivity index (χ4v) is 6.40. The van der Waals surface area contributed by atoms with Gasteiger partial charge in [0, 0.05) is 42.0 Å². The summed E-state index contributed by atoms with van der Waals surface area (Å²) in [5, 5.41) is 15.0. The molecule has 0 saturated carbocycles. The van der Waals surface area contributed by atoms with Crippen LogP contribution in [0, 0.1) is 23.2 Å². The van der Waals surface area contributed by atoms with E-state index >= 15 is 0 Å². The van der Waals surface area contributed by atoms with Crippen molar-refractivity contribution in [1.29, 1.82) is 5.26 Å². The van der Waals surface area contributed by atoms with Gasteiger partial charge in [0.2, 0.25) is 0 Å². The quantitative estimate of drug-likeness (QED) is 0.388. The number of hydrogen-bond donors (Lipinski definition) is 0. The molecule has 0 unspecified atom stereocenters. The third kappa shape index (κ3) is 3.48. The van der Waals surface area contributed by atoms with Crippen LogP contribution in [-0.4, -0.2) is 32.6 Å². The van der Waals surface area contributed by atoms with Crippen LogP contribution in [0.25, 0.3) is 22.4 Å². The maximum Gasteiger partial charge on any atom is 0.316 e. The monoisotopic (exact) mass is 501 g/mol. The van der Waals surface area contributed by atoms with Crippen LogP contribution in [0.15, 0.2) is 78.6 Å². The largest absolute Gasteiger partial charge is 0.467 e. The van der Waals surface area contributed by atoms with E-state index in [4.69, 9.17) is 9.84 Å². The van der Waals surface area contributed by atoms with Crippen LogP contribution in [0.2, 0.25) is 0 Å². The van der Waals surface area contributed by atoms with Gasteiger partial charge in [0.05, 0.1) is 29.5 Å². The zero-order chi connectivity index (χ0) is 26.4. The second-order valence-electron chi connectivity index (χ2n) is 10.0. The van der Waals surface area contributed by atoms with Crippen molar-refractivity contribution in [3.05, 3.63) is 95.5 Å². The Bertz CT molecular complexity index is 1610. The van der Waals surface area contributed by atoms with Gasteiger partial charge in [-0.1, -0.05) is 55.5 Å². The summed E-state index contributed by atoms with van der Waals surface area (Å²) in [5.41, 5.74) is 6.70. The molecule has 38 heavy (non-hydrogen) atoms. The van der Waals surface area contributed by atoms with E-state index in [-0.39, 0.29) is 23.2 Å². The number of nitriles is 1. The first kappa shape index (κ1) is 23.8. The minimum atomic E-state index is -0.648. The van der Waals surface area contributed by atoms with Crippen LogP contribution < -0.4 is 4.74 Å². The SMILES string of the molecule is COc1ncc(-c2cccc(-c3c4c(nn3C)[C@@]3(c5ccccc5)C=C(C#N)C(=O)[C@@H](C)[C@@H]3CC4)c2)cn1. The van der Waals surface area contributed by atoms with Crippen LogP contribution in [0.1, 0.15) is 30.2 Å². The van der Waals surface area contributed by atoms with Crippen LogP contribution in [-0.2, 0) is 23.7 Å². The topological polar surface area (TPSA) is 93.7 Å². The molecule has 2 heterocycles. The number of Topliss-reactive ketones (excluding diaryl/α,β-unsaturated/α-hetero) is 1. The first-order chi connectivity index (χ1) is 18.5. The number of carbonyl (C=O) groups is 1. The Hall–Kier alpha value is -4.57. The average molecular weight is 502 g/mol. The molecule has 0 N–H and O–H groups in total. The molecule has 6 rings (SSSR count). The molecule has 7 heteroatoms. The van der Waals surface area contributed by atoms with Gasteiger partial charge >= 0.3 is 6.01 Å². The van der Waals surface area contributed by atoms with E-state index < -0.39 is 5.41 Å². The second kappa shape index (κ2) is 9.07. The van der Waals surface area contributed by atoms with Crippen molar-refractivity contribution in [3.8, 4) is 34.5 Å². The molecule has 0 saturated heterocycles. The summed E-state index contributed by atoms with van der Waals surface area (Å²) in [6.07, 6.45) is 7.05. The van der Waals surface area contributed by atoms with Crippen molar-refractivity contribution in [2.75, 3.05) is 7.11 Å². The highest BCUT2D eigenvalue weighted by Gasteiger charge is 2.54. The van der Waals surface area contributed by atoms with Crippen LogP contribution in [0.4, 0.5) is 0 Å². The number of methoxy groups -OCH3 is 1. The summed E-state index contributed by atoms with van der Waals surface area (Å²) >= 11 is 0. The van der Waals surface area contributed by atoms with Crippen LogP contribution in [0.3, 0.4) is 0 Å². The Morgan fingerprint density at radius 1 is 1.05 bits per heavy atom. The first-order valence-electron chi connectivity index (χ1n) is 12.7. The van der Waals surface area contributed by atoms with Gasteiger partial charge in [-0.25, -0.2) is 9.97 Å². The highest BCUT2D eigenvalue weighted by molar-refractivity contribution is 6.02. The van der Waals surface area contributed by atoms with Crippen molar-refractivity contribution in [1.82, 2.24) is 19.7 Å². The van der Waals surface area contributed by atoms with E-state index in [1.165, 1.54) is 0 Å². The van der Waals surface area contributed by atoms with Crippen molar-refractivity contribution in [3.63, 3.8) is 0 Å². The molecule has 2 aliphatic carbocycles. The zero-order valence-electron chi connectivity index (χ0n) is 21.5. The number of carbonyl (C=O) groups excluding carboxylic acids is 1. The molecule has 2 aromatic heterocycles. The Kier molecular flexibility index (Phi) is 5.68. The average Bonchev–Trinajstić information content (AvgIpc) is 3.32. The van der Waals surface area contributed by atoms with Crippen LogP contribution >= 0.6 is 0 Å². The van der Waals surface area contributed by atoms with Crippen LogP contribution in [0.5, 0.6) is 6.01 Å². The van der Waals surface area contributed by atoms with Gasteiger partial charge in [-0.2, -0.15) is 10.4 Å². The lowest BCUT2D eigenvalue weighted by Crippen LogP contribution is -2.48. The molecule has 3 atom stereocenters. The van der Waals surface area contributed by atoms with Gasteiger partial charge in [-0.15, -0.1) is 0 Å². The number of aryl methyl sites for hydroxylation is 1. The Labute approximate surface area is 221 Å². The second-order valence-corrected chi connectivity index (χ2v) is 10.0. The van der Waals surface area contributed by atoms with Gasteiger partial charge in [0.25, 0.3) is 0 Å². The first-order valence-corrected chi connectivity index (χ1v) is 12.7. The summed E-state index contributed by atoms with van der Waals surface area (Å²) < 4.78 is 7.05. The van der Waals surface area contributed by atoms with Gasteiger partial charge in [0.15, 0.2) is 5.78 Å². The maximum absolute atomic E-state index is 13.1. The molecule has 0 bridgehead atoms. The standard InChI is InChI=1S/C31H27N5O2/c1-19-26-13-12-25-27(21-9-7-8-20(14-21)23-17-33-30(38-3)34-18-23)36(2)35-29(25)31(26,15-22(16-32)28(19)37)24-10-5-4-6-11-24/h4-11,14-15,17-19,26H,12-13H2,1-3H3/t19-,26-,31+/m0/s1. The molecule has 0 fully saturated rings. The van der Waals surface area contributed by atoms with E-state index in [1.807, 2.05) is 55.1 Å². The molecule has 0 spiro atoms. The van der Waals surface area contributed by atoms with Crippen molar-refractivity contribution >= 4 is 5.78 Å². The molecular formula is C31H27N5O2. The number of ketones is 1. The molecule has 2 aromatic carbocycles. The lowest BCUT2D eigenvalue weighted by Gasteiger charge is -2.47. The number of nitrogens with zero attached hydrogens (tertiary/aromatic N) is 5. The smallest absolute Gasteiger partial charge is 0.316 e. The minimum Gasteiger partial charge on any atom is -0.467 e. The fraction of sp³-hybridized carbons (Fsp3) is 0.258. The molecule has 2 aliphatic rings. The summed E-state index contributed by atoms with van der Waals surface area (Å²) in [5.74, 6) is -0.322. The summed E-state index contributed by atoms with van der Waals surface area (Å²) in [7, 11) is 3.52. The molecule has 7 nitrogen and oxygen atoms in total. The maximum atomic E-state index is 13.1. The van der Waals surface area contributed by atoms with E-state index in [0.29, 0.717) is 6.01 Å². The van der Waals surface area contributed by atoms with Gasteiger partial charge in [-0.3, -0.25) is 9.48 Å². The lowest BCUT2D eigenvalue weighted by atomic mass is 9.54. The number of benzene rings is 2. The number of allylic oxidation sites excluding steroid dienone is 2. The summed E-state index contributed by atoms with van der Waals surface area (Å²) in [6, 6.07) is 21.0. The molecular weight excluding hydrogens is 474 g/mol.